The fourth-order valence-electron chi connectivity index (χ4n) is 0.737. The highest BCUT2D eigenvalue weighted by Crippen LogP contribution is 1.91. The molecule has 0 bridgehead atoms. The molecule has 0 saturated heterocycles. The second-order valence-electron chi connectivity index (χ2n) is 2.87. The predicted molar refractivity (Wildman–Crippen MR) is 59.6 cm³/mol. The molecule has 9 heteroatoms. The van der Waals surface area contributed by atoms with Crippen LogP contribution >= 0.6 is 12.2 Å². The minimum absolute atomic E-state index is 0.0357. The second-order valence-corrected chi connectivity index (χ2v) is 3.40. The maximum atomic E-state index is 11.6. The van der Waals surface area contributed by atoms with Gasteiger partial charge in [0.15, 0.2) is 0 Å². The van der Waals surface area contributed by atoms with Crippen molar-refractivity contribution in [2.75, 3.05) is 26.3 Å². The van der Waals surface area contributed by atoms with Gasteiger partial charge in [-0.15, -0.1) is 0 Å². The van der Waals surface area contributed by atoms with Gasteiger partial charge in [-0.05, 0) is 0 Å². The zero-order chi connectivity index (χ0) is 13.3. The lowest BCUT2D eigenvalue weighted by molar-refractivity contribution is -0.139. The van der Waals surface area contributed by atoms with Crippen LogP contribution in [0.15, 0.2) is 0 Å². The Labute approximate surface area is 102 Å². The number of carbonyl (C=O) groups is 2. The lowest BCUT2D eigenvalue weighted by atomic mass is 10.5. The molecule has 2 amide bonds. The summed E-state index contributed by atoms with van der Waals surface area (Å²) in [6.07, 6.45) is -2.56. The maximum Gasteiger partial charge on any atom is 0.309 e. The number of nitrogens with one attached hydrogen (secondary N) is 2. The van der Waals surface area contributed by atoms with Crippen LogP contribution in [0.1, 0.15) is 0 Å². The van der Waals surface area contributed by atoms with Crippen molar-refractivity contribution < 1.29 is 23.1 Å². The van der Waals surface area contributed by atoms with E-state index < -0.39 is 24.8 Å². The van der Waals surface area contributed by atoms with E-state index in [1.54, 1.807) is 0 Å². The Balaban J connectivity index is 3.57. The fraction of sp³-hybridized carbons (Fsp3) is 0.625. The Morgan fingerprint density at radius 3 is 2.41 bits per heavy atom. The molecule has 0 spiro atoms. The van der Waals surface area contributed by atoms with Crippen molar-refractivity contribution >= 4 is 29.0 Å². The van der Waals surface area contributed by atoms with E-state index in [4.69, 9.17) is 5.73 Å². The Bertz CT molecular complexity index is 289. The number of hydrogen-bond donors (Lipinski definition) is 3. The van der Waals surface area contributed by atoms with Gasteiger partial charge >= 0.3 is 11.8 Å². The molecule has 0 rings (SSSR count). The molecule has 0 aliphatic rings. The number of thiocarbonyl (C=S) groups is 1. The highest BCUT2D eigenvalue weighted by atomic mass is 32.1. The third-order valence-electron chi connectivity index (χ3n) is 1.41. The first-order valence-electron chi connectivity index (χ1n) is 4.63. The van der Waals surface area contributed by atoms with Crippen molar-refractivity contribution in [2.24, 2.45) is 5.73 Å². The monoisotopic (exact) mass is 269 g/mol. The third-order valence-corrected chi connectivity index (χ3v) is 1.55. The normalized spacial score (nSPS) is 10.1. The summed E-state index contributed by atoms with van der Waals surface area (Å²) in [5.41, 5.74) is 5.10. The van der Waals surface area contributed by atoms with E-state index in [-0.39, 0.29) is 24.7 Å². The second kappa shape index (κ2) is 8.76. The van der Waals surface area contributed by atoms with Crippen LogP contribution < -0.4 is 16.4 Å². The smallest absolute Gasteiger partial charge is 0.309 e. The average Bonchev–Trinajstić information content (AvgIpc) is 2.24. The number of carbonyl (C=O) groups excluding carboxylic acids is 2. The molecular weight excluding hydrogens is 256 g/mol. The number of alkyl halides is 2. The minimum Gasteiger partial charge on any atom is -0.392 e. The summed E-state index contributed by atoms with van der Waals surface area (Å²) in [4.78, 5) is 22.1. The van der Waals surface area contributed by atoms with Crippen molar-refractivity contribution in [3.8, 4) is 0 Å². The van der Waals surface area contributed by atoms with Crippen LogP contribution in [0, 0.1) is 0 Å². The zero-order valence-electron chi connectivity index (χ0n) is 8.87. The van der Waals surface area contributed by atoms with E-state index in [2.05, 4.69) is 27.6 Å². The minimum atomic E-state index is -2.56. The number of halogens is 2. The summed E-state index contributed by atoms with van der Waals surface area (Å²) in [5, 5.41) is 4.34. The highest BCUT2D eigenvalue weighted by molar-refractivity contribution is 7.80. The van der Waals surface area contributed by atoms with E-state index >= 15 is 0 Å². The molecule has 0 aromatic carbocycles. The predicted octanol–water partition coefficient (Wildman–Crippen LogP) is -1.21. The molecule has 98 valence electrons. The topological polar surface area (TPSA) is 93.5 Å². The van der Waals surface area contributed by atoms with Gasteiger partial charge in [-0.3, -0.25) is 9.59 Å². The van der Waals surface area contributed by atoms with Crippen LogP contribution in [0.3, 0.4) is 0 Å². The third kappa shape index (κ3) is 9.57. The van der Waals surface area contributed by atoms with Crippen LogP contribution in [0.4, 0.5) is 8.78 Å². The quantitative estimate of drug-likeness (QED) is 0.306. The van der Waals surface area contributed by atoms with Gasteiger partial charge in [0.2, 0.25) is 0 Å². The van der Waals surface area contributed by atoms with Gasteiger partial charge < -0.3 is 21.1 Å². The van der Waals surface area contributed by atoms with Gasteiger partial charge in [-0.25, -0.2) is 8.78 Å². The fourth-order valence-corrected chi connectivity index (χ4v) is 0.809. The van der Waals surface area contributed by atoms with E-state index in [9.17, 15) is 18.4 Å². The number of hydrogen-bond acceptors (Lipinski definition) is 4. The van der Waals surface area contributed by atoms with Crippen molar-refractivity contribution in [1.82, 2.24) is 10.6 Å². The maximum absolute atomic E-state index is 11.6. The Morgan fingerprint density at radius 2 is 1.88 bits per heavy atom. The van der Waals surface area contributed by atoms with Crippen molar-refractivity contribution in [3.05, 3.63) is 0 Å². The molecule has 0 saturated carbocycles. The first-order valence-corrected chi connectivity index (χ1v) is 5.04. The van der Waals surface area contributed by atoms with Crippen molar-refractivity contribution in [2.45, 2.75) is 6.43 Å². The van der Waals surface area contributed by atoms with Crippen molar-refractivity contribution in [1.29, 1.82) is 0 Å². The molecule has 4 N–H and O–H groups in total. The summed E-state index contributed by atoms with van der Waals surface area (Å²) in [6, 6.07) is 0. The van der Waals surface area contributed by atoms with Gasteiger partial charge in [0.05, 0.1) is 18.1 Å². The SMILES string of the molecule is NC(=S)CNC(=O)C(=O)NCCOCC(F)F. The molecule has 0 fully saturated rings. The molecule has 0 aliphatic carbocycles. The Hall–Kier alpha value is -1.35. The van der Waals surface area contributed by atoms with Crippen LogP contribution in [0.2, 0.25) is 0 Å². The van der Waals surface area contributed by atoms with E-state index in [0.29, 0.717) is 0 Å². The first-order chi connectivity index (χ1) is 7.93. The van der Waals surface area contributed by atoms with Gasteiger partial charge in [-0.2, -0.15) is 0 Å². The summed E-state index contributed by atoms with van der Waals surface area (Å²) in [6.45, 7) is -0.919. The standard InChI is InChI=1S/C8H13F2N3O3S/c9-5(10)4-16-2-1-12-7(14)8(15)13-3-6(11)17/h5H,1-4H2,(H2,11,17)(H,12,14)(H,13,15). The zero-order valence-corrected chi connectivity index (χ0v) is 9.69. The Kier molecular flexibility index (Phi) is 8.07. The first kappa shape index (κ1) is 15.7. The van der Waals surface area contributed by atoms with Crippen LogP contribution in [-0.2, 0) is 14.3 Å². The molecule has 0 radical (unpaired) electrons. The van der Waals surface area contributed by atoms with Gasteiger partial charge in [0.1, 0.15) is 6.61 Å². The Morgan fingerprint density at radius 1 is 1.29 bits per heavy atom. The van der Waals surface area contributed by atoms with Crippen LogP contribution in [0.25, 0.3) is 0 Å². The summed E-state index contributed by atoms with van der Waals surface area (Å²) >= 11 is 4.49. The number of nitrogens with two attached hydrogens (primary N) is 1. The summed E-state index contributed by atoms with van der Waals surface area (Å²) < 4.78 is 27.7. The van der Waals surface area contributed by atoms with Gasteiger partial charge in [0, 0.05) is 6.54 Å². The van der Waals surface area contributed by atoms with E-state index in [0.717, 1.165) is 0 Å². The highest BCUT2D eigenvalue weighted by Gasteiger charge is 2.12. The van der Waals surface area contributed by atoms with Crippen molar-refractivity contribution in [3.63, 3.8) is 0 Å². The lowest BCUT2D eigenvalue weighted by Crippen LogP contribution is -2.43. The lowest BCUT2D eigenvalue weighted by Gasteiger charge is -2.06. The van der Waals surface area contributed by atoms with E-state index in [1.807, 2.05) is 0 Å². The number of rotatable bonds is 7. The molecule has 17 heavy (non-hydrogen) atoms. The molecule has 0 aromatic heterocycles. The molecule has 6 nitrogen and oxygen atoms in total. The summed E-state index contributed by atoms with van der Waals surface area (Å²) in [5.74, 6) is -1.80. The molecule has 0 aliphatic heterocycles. The van der Waals surface area contributed by atoms with Gasteiger partial charge in [0.25, 0.3) is 6.43 Å². The molecular formula is C8H13F2N3O3S. The molecule has 0 heterocycles. The van der Waals surface area contributed by atoms with Crippen LogP contribution in [0.5, 0.6) is 0 Å². The summed E-state index contributed by atoms with van der Waals surface area (Å²) in [7, 11) is 0. The molecule has 0 aromatic rings. The number of amides is 2. The van der Waals surface area contributed by atoms with Gasteiger partial charge in [-0.1, -0.05) is 12.2 Å². The average molecular weight is 269 g/mol. The van der Waals surface area contributed by atoms with Crippen LogP contribution in [-0.4, -0.2) is 49.5 Å². The molecule has 0 atom stereocenters. The number of ether oxygens (including phenoxy) is 1. The van der Waals surface area contributed by atoms with E-state index in [1.165, 1.54) is 0 Å². The molecule has 0 unspecified atom stereocenters. The largest absolute Gasteiger partial charge is 0.392 e.